The molecule has 3 atom stereocenters. The van der Waals surface area contributed by atoms with Crippen LogP contribution in [0.5, 0.6) is 5.88 Å². The molecule has 1 fully saturated rings. The van der Waals surface area contributed by atoms with E-state index in [1.54, 1.807) is 16.8 Å². The first-order valence-electron chi connectivity index (χ1n) is 6.26. The zero-order chi connectivity index (χ0) is 14.3. The SMILES string of the molecule is COc1nc(N)nc2c1ccn2[C@H]1C[C@@H](O)[C@@H](CO)O1. The Morgan fingerprint density at radius 3 is 3.00 bits per heavy atom. The van der Waals surface area contributed by atoms with Gasteiger partial charge in [-0.1, -0.05) is 0 Å². The molecule has 1 aliphatic rings. The minimum atomic E-state index is -0.705. The molecule has 3 heterocycles. The zero-order valence-electron chi connectivity index (χ0n) is 10.9. The fourth-order valence-corrected chi connectivity index (χ4v) is 2.46. The van der Waals surface area contributed by atoms with Gasteiger partial charge in [-0.2, -0.15) is 9.97 Å². The average Bonchev–Trinajstić information content (AvgIpc) is 3.00. The van der Waals surface area contributed by atoms with Crippen molar-refractivity contribution in [2.75, 3.05) is 19.5 Å². The molecule has 108 valence electrons. The van der Waals surface area contributed by atoms with Crippen molar-refractivity contribution in [1.29, 1.82) is 0 Å². The molecule has 0 saturated carbocycles. The molecule has 2 aromatic rings. The van der Waals surface area contributed by atoms with Crippen molar-refractivity contribution in [3.63, 3.8) is 0 Å². The third-order valence-electron chi connectivity index (χ3n) is 3.44. The monoisotopic (exact) mass is 280 g/mol. The number of hydrogen-bond donors (Lipinski definition) is 3. The minimum absolute atomic E-state index is 0.103. The Balaban J connectivity index is 2.03. The summed E-state index contributed by atoms with van der Waals surface area (Å²) in [5, 5.41) is 19.7. The number of hydrogen-bond acceptors (Lipinski definition) is 7. The molecule has 20 heavy (non-hydrogen) atoms. The van der Waals surface area contributed by atoms with Crippen LogP contribution in [0.1, 0.15) is 12.6 Å². The number of nitrogen functional groups attached to an aromatic ring is 1. The van der Waals surface area contributed by atoms with Gasteiger partial charge in [0.05, 0.1) is 25.2 Å². The second kappa shape index (κ2) is 4.89. The van der Waals surface area contributed by atoms with Gasteiger partial charge in [0.1, 0.15) is 12.3 Å². The molecule has 0 aliphatic carbocycles. The van der Waals surface area contributed by atoms with Gasteiger partial charge in [-0.15, -0.1) is 0 Å². The largest absolute Gasteiger partial charge is 0.480 e. The summed E-state index contributed by atoms with van der Waals surface area (Å²) in [5.74, 6) is 0.495. The number of nitrogens with two attached hydrogens (primary N) is 1. The lowest BCUT2D eigenvalue weighted by Crippen LogP contribution is -2.24. The van der Waals surface area contributed by atoms with Crippen molar-refractivity contribution in [3.05, 3.63) is 12.3 Å². The van der Waals surface area contributed by atoms with Gasteiger partial charge in [-0.05, 0) is 6.07 Å². The first-order chi connectivity index (χ1) is 9.63. The molecule has 2 aromatic heterocycles. The van der Waals surface area contributed by atoms with Crippen LogP contribution in [0.25, 0.3) is 11.0 Å². The molecular weight excluding hydrogens is 264 g/mol. The molecule has 0 aromatic carbocycles. The van der Waals surface area contributed by atoms with Gasteiger partial charge in [-0.25, -0.2) is 0 Å². The standard InChI is InChI=1S/C12H16N4O4/c1-19-11-6-2-3-16(10(6)14-12(13)15-11)9-4-7(18)8(5-17)20-9/h2-3,7-9,17-18H,4-5H2,1H3,(H2,13,14,15)/t7-,8-,9-/m1/s1. The van der Waals surface area contributed by atoms with Crippen LogP contribution in [0.2, 0.25) is 0 Å². The average molecular weight is 280 g/mol. The van der Waals surface area contributed by atoms with Crippen molar-refractivity contribution >= 4 is 17.0 Å². The maximum atomic E-state index is 9.81. The van der Waals surface area contributed by atoms with Crippen molar-refractivity contribution < 1.29 is 19.7 Å². The highest BCUT2D eigenvalue weighted by molar-refractivity contribution is 5.82. The number of aliphatic hydroxyl groups is 2. The summed E-state index contributed by atoms with van der Waals surface area (Å²) in [5.41, 5.74) is 6.24. The van der Waals surface area contributed by atoms with Gasteiger partial charge in [0.25, 0.3) is 0 Å². The quantitative estimate of drug-likeness (QED) is 0.704. The van der Waals surface area contributed by atoms with Gasteiger partial charge < -0.3 is 30.0 Å². The number of methoxy groups -OCH3 is 1. The van der Waals surface area contributed by atoms with E-state index in [9.17, 15) is 5.11 Å². The lowest BCUT2D eigenvalue weighted by Gasteiger charge is -2.14. The summed E-state index contributed by atoms with van der Waals surface area (Å²) in [6, 6.07) is 1.80. The Bertz CT molecular complexity index is 629. The normalized spacial score (nSPS) is 26.2. The summed E-state index contributed by atoms with van der Waals surface area (Å²) in [7, 11) is 1.51. The molecule has 8 heteroatoms. The highest BCUT2D eigenvalue weighted by atomic mass is 16.5. The second-order valence-electron chi connectivity index (χ2n) is 4.67. The van der Waals surface area contributed by atoms with Crippen LogP contribution in [0.3, 0.4) is 0 Å². The van der Waals surface area contributed by atoms with Crippen LogP contribution in [0.4, 0.5) is 5.95 Å². The van der Waals surface area contributed by atoms with E-state index in [-0.39, 0.29) is 12.6 Å². The number of rotatable bonds is 3. The van der Waals surface area contributed by atoms with E-state index in [0.717, 1.165) is 0 Å². The summed E-state index contributed by atoms with van der Waals surface area (Å²) < 4.78 is 12.5. The Hall–Kier alpha value is -1.90. The summed E-state index contributed by atoms with van der Waals surface area (Å²) >= 11 is 0. The summed E-state index contributed by atoms with van der Waals surface area (Å²) in [4.78, 5) is 8.20. The van der Waals surface area contributed by atoms with Crippen LogP contribution in [-0.2, 0) is 4.74 Å². The minimum Gasteiger partial charge on any atom is -0.480 e. The molecule has 1 saturated heterocycles. The van der Waals surface area contributed by atoms with Gasteiger partial charge in [0.15, 0.2) is 5.65 Å². The van der Waals surface area contributed by atoms with E-state index in [0.29, 0.717) is 23.3 Å². The molecular formula is C12H16N4O4. The lowest BCUT2D eigenvalue weighted by molar-refractivity contribution is -0.0430. The molecule has 0 unspecified atom stereocenters. The van der Waals surface area contributed by atoms with E-state index in [1.807, 2.05) is 0 Å². The van der Waals surface area contributed by atoms with Gasteiger partial charge in [0.2, 0.25) is 11.8 Å². The second-order valence-corrected chi connectivity index (χ2v) is 4.67. The Morgan fingerprint density at radius 1 is 1.55 bits per heavy atom. The van der Waals surface area contributed by atoms with Crippen LogP contribution in [0.15, 0.2) is 12.3 Å². The van der Waals surface area contributed by atoms with Crippen LogP contribution in [-0.4, -0.2) is 50.7 Å². The predicted octanol–water partition coefficient (Wildman–Crippen LogP) is -0.337. The molecule has 0 radical (unpaired) electrons. The summed E-state index contributed by atoms with van der Waals surface area (Å²) in [6.07, 6.45) is 0.459. The summed E-state index contributed by atoms with van der Waals surface area (Å²) in [6.45, 7) is -0.225. The first kappa shape index (κ1) is 13.1. The molecule has 1 aliphatic heterocycles. The van der Waals surface area contributed by atoms with Gasteiger partial charge in [-0.3, -0.25) is 0 Å². The number of nitrogens with zero attached hydrogens (tertiary/aromatic N) is 3. The molecule has 4 N–H and O–H groups in total. The van der Waals surface area contributed by atoms with Crippen LogP contribution in [0, 0.1) is 0 Å². The predicted molar refractivity (Wildman–Crippen MR) is 70.1 cm³/mol. The molecule has 0 amide bonds. The van der Waals surface area contributed by atoms with E-state index in [4.69, 9.17) is 20.3 Å². The first-order valence-corrected chi connectivity index (χ1v) is 6.26. The van der Waals surface area contributed by atoms with Crippen molar-refractivity contribution in [3.8, 4) is 5.88 Å². The fraction of sp³-hybridized carbons (Fsp3) is 0.500. The Morgan fingerprint density at radius 2 is 2.35 bits per heavy atom. The van der Waals surface area contributed by atoms with E-state index in [2.05, 4.69) is 9.97 Å². The number of ether oxygens (including phenoxy) is 2. The number of aromatic nitrogens is 3. The molecule has 0 bridgehead atoms. The number of aliphatic hydroxyl groups excluding tert-OH is 2. The lowest BCUT2D eigenvalue weighted by atomic mass is 10.2. The van der Waals surface area contributed by atoms with Crippen molar-refractivity contribution in [2.24, 2.45) is 0 Å². The maximum Gasteiger partial charge on any atom is 0.227 e. The van der Waals surface area contributed by atoms with Crippen molar-refractivity contribution in [1.82, 2.24) is 14.5 Å². The Kier molecular flexibility index (Phi) is 3.20. The highest BCUT2D eigenvalue weighted by Crippen LogP contribution is 2.33. The van der Waals surface area contributed by atoms with Crippen LogP contribution < -0.4 is 10.5 Å². The van der Waals surface area contributed by atoms with Crippen LogP contribution >= 0.6 is 0 Å². The smallest absolute Gasteiger partial charge is 0.227 e. The van der Waals surface area contributed by atoms with E-state index < -0.39 is 18.4 Å². The zero-order valence-corrected chi connectivity index (χ0v) is 10.9. The van der Waals surface area contributed by atoms with Gasteiger partial charge >= 0.3 is 0 Å². The number of fused-ring (bicyclic) bond motifs is 1. The van der Waals surface area contributed by atoms with Gasteiger partial charge in [0, 0.05) is 12.6 Å². The topological polar surface area (TPSA) is 116 Å². The maximum absolute atomic E-state index is 9.81. The fourth-order valence-electron chi connectivity index (χ4n) is 2.46. The molecule has 8 nitrogen and oxygen atoms in total. The highest BCUT2D eigenvalue weighted by Gasteiger charge is 2.35. The molecule has 0 spiro atoms. The number of anilines is 1. The third-order valence-corrected chi connectivity index (χ3v) is 3.44. The molecule has 3 rings (SSSR count). The van der Waals surface area contributed by atoms with E-state index in [1.165, 1.54) is 7.11 Å². The van der Waals surface area contributed by atoms with Crippen molar-refractivity contribution in [2.45, 2.75) is 24.9 Å². The Labute approximate surface area is 114 Å². The third kappa shape index (κ3) is 1.98. The van der Waals surface area contributed by atoms with E-state index >= 15 is 0 Å².